The van der Waals surface area contributed by atoms with Crippen LogP contribution in [0.15, 0.2) is 34.9 Å². The third kappa shape index (κ3) is 3.81. The summed E-state index contributed by atoms with van der Waals surface area (Å²) >= 11 is 1.24. The lowest BCUT2D eigenvalue weighted by molar-refractivity contribution is 0.100. The average molecular weight is 264 g/mol. The zero-order chi connectivity index (χ0) is 13.7. The third-order valence-electron chi connectivity index (χ3n) is 2.12. The molecule has 5 nitrogen and oxygen atoms in total. The van der Waals surface area contributed by atoms with Gasteiger partial charge < -0.3 is 21.6 Å². The molecule has 0 saturated heterocycles. The first kappa shape index (κ1) is 14.1. The van der Waals surface area contributed by atoms with E-state index in [1.54, 1.807) is 32.0 Å². The third-order valence-corrected chi connectivity index (χ3v) is 3.29. The SMILES string of the molecule is CC(=N)/C(SNc1cccc(C(N)=O)c1)=C(/C)N. The lowest BCUT2D eigenvalue weighted by Crippen LogP contribution is -2.11. The smallest absolute Gasteiger partial charge is 0.248 e. The van der Waals surface area contributed by atoms with Crippen molar-refractivity contribution in [3.8, 4) is 0 Å². The van der Waals surface area contributed by atoms with Crippen molar-refractivity contribution in [2.24, 2.45) is 11.5 Å². The van der Waals surface area contributed by atoms with E-state index in [9.17, 15) is 4.79 Å². The van der Waals surface area contributed by atoms with Crippen molar-refractivity contribution < 1.29 is 4.79 Å². The highest BCUT2D eigenvalue weighted by atomic mass is 32.2. The fraction of sp³-hybridized carbons (Fsp3) is 0.167. The highest BCUT2D eigenvalue weighted by molar-refractivity contribution is 8.05. The second-order valence-electron chi connectivity index (χ2n) is 3.79. The van der Waals surface area contributed by atoms with Gasteiger partial charge in [-0.1, -0.05) is 6.07 Å². The van der Waals surface area contributed by atoms with Gasteiger partial charge in [0.1, 0.15) is 0 Å². The van der Waals surface area contributed by atoms with Crippen LogP contribution in [-0.4, -0.2) is 11.6 Å². The molecule has 0 bridgehead atoms. The largest absolute Gasteiger partial charge is 0.401 e. The summed E-state index contributed by atoms with van der Waals surface area (Å²) in [4.78, 5) is 11.7. The van der Waals surface area contributed by atoms with Crippen LogP contribution in [0.1, 0.15) is 24.2 Å². The molecule has 1 aromatic carbocycles. The molecule has 1 amide bonds. The average Bonchev–Trinajstić information content (AvgIpc) is 2.28. The second-order valence-corrected chi connectivity index (χ2v) is 4.60. The molecule has 0 aliphatic rings. The molecule has 0 spiro atoms. The van der Waals surface area contributed by atoms with Crippen LogP contribution >= 0.6 is 11.9 Å². The first-order chi connectivity index (χ1) is 8.41. The van der Waals surface area contributed by atoms with Gasteiger partial charge in [-0.3, -0.25) is 4.79 Å². The minimum Gasteiger partial charge on any atom is -0.401 e. The molecule has 0 saturated carbocycles. The summed E-state index contributed by atoms with van der Waals surface area (Å²) in [5, 5.41) is 7.59. The Balaban J connectivity index is 2.81. The normalized spacial score (nSPS) is 11.7. The summed E-state index contributed by atoms with van der Waals surface area (Å²) in [7, 11) is 0. The van der Waals surface area contributed by atoms with Crippen LogP contribution in [0.3, 0.4) is 0 Å². The quantitative estimate of drug-likeness (QED) is 0.482. The molecular formula is C12H16N4OS. The number of anilines is 1. The molecule has 6 heteroatoms. The number of allylic oxidation sites excluding steroid dienone is 2. The first-order valence-electron chi connectivity index (χ1n) is 5.26. The van der Waals surface area contributed by atoms with Crippen LogP contribution in [0.4, 0.5) is 5.69 Å². The molecular weight excluding hydrogens is 248 g/mol. The van der Waals surface area contributed by atoms with Gasteiger partial charge in [-0.2, -0.15) is 0 Å². The Kier molecular flexibility index (Phi) is 4.79. The number of rotatable bonds is 5. The van der Waals surface area contributed by atoms with Gasteiger partial charge in [-0.25, -0.2) is 0 Å². The molecule has 1 rings (SSSR count). The molecule has 0 aliphatic heterocycles. The van der Waals surface area contributed by atoms with E-state index in [0.29, 0.717) is 21.9 Å². The van der Waals surface area contributed by atoms with E-state index in [0.717, 1.165) is 5.69 Å². The molecule has 96 valence electrons. The Labute approximate surface area is 110 Å². The number of hydrogen-bond acceptors (Lipinski definition) is 5. The van der Waals surface area contributed by atoms with Gasteiger partial charge in [0.25, 0.3) is 0 Å². The fourth-order valence-corrected chi connectivity index (χ4v) is 1.96. The van der Waals surface area contributed by atoms with E-state index >= 15 is 0 Å². The van der Waals surface area contributed by atoms with E-state index in [1.165, 1.54) is 11.9 Å². The second kappa shape index (κ2) is 6.11. The van der Waals surface area contributed by atoms with Crippen molar-refractivity contribution in [2.75, 3.05) is 4.72 Å². The van der Waals surface area contributed by atoms with Crippen LogP contribution in [0, 0.1) is 5.41 Å². The summed E-state index contributed by atoms with van der Waals surface area (Å²) in [5.41, 5.74) is 13.0. The molecule has 18 heavy (non-hydrogen) atoms. The predicted octanol–water partition coefficient (Wildman–Crippen LogP) is 2.08. The number of carbonyl (C=O) groups is 1. The van der Waals surface area contributed by atoms with E-state index < -0.39 is 5.91 Å². The molecule has 1 aromatic rings. The van der Waals surface area contributed by atoms with Crippen molar-refractivity contribution in [1.82, 2.24) is 0 Å². The molecule has 0 atom stereocenters. The molecule has 0 unspecified atom stereocenters. The summed E-state index contributed by atoms with van der Waals surface area (Å²) in [6.07, 6.45) is 0. The maximum Gasteiger partial charge on any atom is 0.248 e. The van der Waals surface area contributed by atoms with Gasteiger partial charge in [0.05, 0.1) is 4.91 Å². The molecule has 0 radical (unpaired) electrons. The number of carbonyl (C=O) groups excluding carboxylic acids is 1. The van der Waals surface area contributed by atoms with Crippen molar-refractivity contribution in [1.29, 1.82) is 5.41 Å². The maximum absolute atomic E-state index is 11.0. The number of nitrogens with two attached hydrogens (primary N) is 2. The Hall–Kier alpha value is -1.95. The van der Waals surface area contributed by atoms with E-state index in [1.807, 2.05) is 6.07 Å². The minimum absolute atomic E-state index is 0.388. The highest BCUT2D eigenvalue weighted by Crippen LogP contribution is 2.22. The topological polar surface area (TPSA) is 105 Å². The molecule has 0 fully saturated rings. The number of hydrogen-bond donors (Lipinski definition) is 4. The fourth-order valence-electron chi connectivity index (χ4n) is 1.30. The van der Waals surface area contributed by atoms with Gasteiger partial charge in [0.15, 0.2) is 0 Å². The minimum atomic E-state index is -0.474. The summed E-state index contributed by atoms with van der Waals surface area (Å²) in [6, 6.07) is 6.84. The maximum atomic E-state index is 11.0. The van der Waals surface area contributed by atoms with Crippen LogP contribution < -0.4 is 16.2 Å². The summed E-state index contributed by atoms with van der Waals surface area (Å²) < 4.78 is 3.03. The number of primary amides is 1. The molecule has 0 heterocycles. The number of amides is 1. The Morgan fingerprint density at radius 3 is 2.50 bits per heavy atom. The number of nitrogens with one attached hydrogen (secondary N) is 2. The van der Waals surface area contributed by atoms with Gasteiger partial charge >= 0.3 is 0 Å². The van der Waals surface area contributed by atoms with E-state index in [-0.39, 0.29) is 0 Å². The van der Waals surface area contributed by atoms with Crippen molar-refractivity contribution in [2.45, 2.75) is 13.8 Å². The van der Waals surface area contributed by atoms with Gasteiger partial charge in [-0.05, 0) is 44.0 Å². The zero-order valence-corrected chi connectivity index (χ0v) is 11.1. The van der Waals surface area contributed by atoms with Crippen LogP contribution in [0.2, 0.25) is 0 Å². The monoisotopic (exact) mass is 264 g/mol. The van der Waals surface area contributed by atoms with E-state index in [4.69, 9.17) is 16.9 Å². The van der Waals surface area contributed by atoms with Crippen molar-refractivity contribution in [3.63, 3.8) is 0 Å². The van der Waals surface area contributed by atoms with Crippen LogP contribution in [-0.2, 0) is 0 Å². The van der Waals surface area contributed by atoms with Crippen LogP contribution in [0.5, 0.6) is 0 Å². The van der Waals surface area contributed by atoms with Gasteiger partial charge in [0, 0.05) is 22.7 Å². The zero-order valence-electron chi connectivity index (χ0n) is 10.3. The standard InChI is InChI=1S/C12H16N4OS/c1-7(13)11(8(2)14)18-16-10-5-3-4-9(6-10)12(15)17/h3-6,13,16H,14H2,1-2H3,(H2,15,17)/b11-8+,13-7?. The molecule has 0 aliphatic carbocycles. The Morgan fingerprint density at radius 2 is 2.00 bits per heavy atom. The van der Waals surface area contributed by atoms with Gasteiger partial charge in [0.2, 0.25) is 5.91 Å². The van der Waals surface area contributed by atoms with Crippen LogP contribution in [0.25, 0.3) is 0 Å². The summed E-state index contributed by atoms with van der Waals surface area (Å²) in [5.74, 6) is -0.474. The Bertz CT molecular complexity index is 507. The first-order valence-corrected chi connectivity index (χ1v) is 6.08. The van der Waals surface area contributed by atoms with Crippen molar-refractivity contribution >= 4 is 29.3 Å². The predicted molar refractivity (Wildman–Crippen MR) is 76.5 cm³/mol. The molecule has 6 N–H and O–H groups in total. The highest BCUT2D eigenvalue weighted by Gasteiger charge is 2.06. The molecule has 0 aromatic heterocycles. The van der Waals surface area contributed by atoms with Gasteiger partial charge in [-0.15, -0.1) is 0 Å². The lowest BCUT2D eigenvalue weighted by Gasteiger charge is -2.10. The Morgan fingerprint density at radius 1 is 1.33 bits per heavy atom. The van der Waals surface area contributed by atoms with Crippen molar-refractivity contribution in [3.05, 3.63) is 40.4 Å². The van der Waals surface area contributed by atoms with E-state index in [2.05, 4.69) is 4.72 Å². The number of benzene rings is 1. The summed E-state index contributed by atoms with van der Waals surface area (Å²) in [6.45, 7) is 3.40. The lowest BCUT2D eigenvalue weighted by atomic mass is 10.2.